The first-order chi connectivity index (χ1) is 7.13. The Morgan fingerprint density at radius 1 is 1.53 bits per heavy atom. The lowest BCUT2D eigenvalue weighted by atomic mass is 10.2. The zero-order chi connectivity index (χ0) is 11.3. The van der Waals surface area contributed by atoms with Gasteiger partial charge in [0.05, 0.1) is 0 Å². The SMILES string of the molecule is CCNC(CN1CCS(=O)CC1)C(=O)O. The number of carboxylic acids is 1. The monoisotopic (exact) mass is 234 g/mol. The summed E-state index contributed by atoms with van der Waals surface area (Å²) >= 11 is 0. The average molecular weight is 234 g/mol. The van der Waals surface area contributed by atoms with Crippen molar-refractivity contribution in [2.45, 2.75) is 13.0 Å². The van der Waals surface area contributed by atoms with Gasteiger partial charge in [0.1, 0.15) is 6.04 Å². The van der Waals surface area contributed by atoms with E-state index in [0.29, 0.717) is 24.6 Å². The van der Waals surface area contributed by atoms with E-state index in [1.165, 1.54) is 0 Å². The maximum Gasteiger partial charge on any atom is 0.322 e. The normalized spacial score (nSPS) is 21.4. The van der Waals surface area contributed by atoms with E-state index in [9.17, 15) is 9.00 Å². The van der Waals surface area contributed by atoms with Gasteiger partial charge in [0.25, 0.3) is 0 Å². The van der Waals surface area contributed by atoms with Gasteiger partial charge in [-0.1, -0.05) is 6.92 Å². The molecule has 0 aromatic heterocycles. The molecule has 1 aliphatic rings. The number of carbonyl (C=O) groups is 1. The van der Waals surface area contributed by atoms with Crippen LogP contribution in [0, 0.1) is 0 Å². The first-order valence-corrected chi connectivity index (χ1v) is 6.65. The molecule has 1 rings (SSSR count). The number of likely N-dealkylation sites (N-methyl/N-ethyl adjacent to an activating group) is 1. The fraction of sp³-hybridized carbons (Fsp3) is 0.889. The molecule has 1 unspecified atom stereocenters. The summed E-state index contributed by atoms with van der Waals surface area (Å²) in [7, 11) is -0.700. The van der Waals surface area contributed by atoms with Crippen molar-refractivity contribution >= 4 is 16.8 Å². The van der Waals surface area contributed by atoms with Gasteiger partial charge in [0.2, 0.25) is 0 Å². The van der Waals surface area contributed by atoms with E-state index in [1.807, 2.05) is 6.92 Å². The van der Waals surface area contributed by atoms with Gasteiger partial charge in [-0.25, -0.2) is 0 Å². The fourth-order valence-corrected chi connectivity index (χ4v) is 2.72. The summed E-state index contributed by atoms with van der Waals surface area (Å²) in [6.45, 7) is 4.52. The molecule has 2 N–H and O–H groups in total. The van der Waals surface area contributed by atoms with Crippen molar-refractivity contribution in [3.05, 3.63) is 0 Å². The van der Waals surface area contributed by atoms with Crippen LogP contribution in [-0.2, 0) is 15.6 Å². The molecule has 1 atom stereocenters. The Morgan fingerprint density at radius 2 is 2.13 bits per heavy atom. The van der Waals surface area contributed by atoms with Crippen LogP contribution < -0.4 is 5.32 Å². The molecule has 0 saturated carbocycles. The minimum atomic E-state index is -0.816. The van der Waals surface area contributed by atoms with E-state index < -0.39 is 22.8 Å². The summed E-state index contributed by atoms with van der Waals surface area (Å²) in [6.07, 6.45) is 0. The summed E-state index contributed by atoms with van der Waals surface area (Å²) in [5.41, 5.74) is 0. The summed E-state index contributed by atoms with van der Waals surface area (Å²) in [5.74, 6) is 0.514. The maximum atomic E-state index is 11.1. The molecule has 88 valence electrons. The first kappa shape index (κ1) is 12.6. The minimum absolute atomic E-state index is 0.500. The molecule has 1 fully saturated rings. The Morgan fingerprint density at radius 3 is 2.60 bits per heavy atom. The Labute approximate surface area is 92.3 Å². The van der Waals surface area contributed by atoms with Crippen LogP contribution in [0.2, 0.25) is 0 Å². The number of rotatable bonds is 5. The van der Waals surface area contributed by atoms with Crippen LogP contribution in [0.3, 0.4) is 0 Å². The van der Waals surface area contributed by atoms with Gasteiger partial charge >= 0.3 is 5.97 Å². The number of aliphatic carboxylic acids is 1. The Balaban J connectivity index is 2.37. The highest BCUT2D eigenvalue weighted by Crippen LogP contribution is 2.01. The first-order valence-electron chi connectivity index (χ1n) is 5.17. The third-order valence-electron chi connectivity index (χ3n) is 2.46. The average Bonchev–Trinajstić information content (AvgIpc) is 2.20. The topological polar surface area (TPSA) is 69.6 Å². The van der Waals surface area contributed by atoms with Gasteiger partial charge in [-0.3, -0.25) is 13.9 Å². The van der Waals surface area contributed by atoms with E-state index in [4.69, 9.17) is 5.11 Å². The van der Waals surface area contributed by atoms with Gasteiger partial charge in [0, 0.05) is 41.9 Å². The van der Waals surface area contributed by atoms with Crippen molar-refractivity contribution in [3.8, 4) is 0 Å². The molecule has 15 heavy (non-hydrogen) atoms. The van der Waals surface area contributed by atoms with Crippen LogP contribution in [0.1, 0.15) is 6.92 Å². The lowest BCUT2D eigenvalue weighted by Crippen LogP contribution is -2.49. The molecule has 0 bridgehead atoms. The lowest BCUT2D eigenvalue weighted by molar-refractivity contribution is -0.139. The van der Waals surface area contributed by atoms with Crippen molar-refractivity contribution in [1.82, 2.24) is 10.2 Å². The minimum Gasteiger partial charge on any atom is -0.480 e. The summed E-state index contributed by atoms with van der Waals surface area (Å²) in [4.78, 5) is 12.9. The standard InChI is InChI=1S/C9H18N2O3S/c1-2-10-8(9(12)13)7-11-3-5-15(14)6-4-11/h8,10H,2-7H2,1H3,(H,12,13). The van der Waals surface area contributed by atoms with Crippen LogP contribution >= 0.6 is 0 Å². The Bertz CT molecular complexity index is 238. The second kappa shape index (κ2) is 6.19. The number of carboxylic acid groups (broad SMARTS) is 1. The number of nitrogens with zero attached hydrogens (tertiary/aromatic N) is 1. The van der Waals surface area contributed by atoms with E-state index in [1.54, 1.807) is 0 Å². The fourth-order valence-electron chi connectivity index (χ4n) is 1.59. The molecule has 0 amide bonds. The molecular weight excluding hydrogens is 216 g/mol. The Kier molecular flexibility index (Phi) is 5.21. The molecule has 0 aromatic carbocycles. The van der Waals surface area contributed by atoms with Gasteiger partial charge in [0.15, 0.2) is 0 Å². The van der Waals surface area contributed by atoms with Crippen molar-refractivity contribution < 1.29 is 14.1 Å². The zero-order valence-corrected chi connectivity index (χ0v) is 9.76. The van der Waals surface area contributed by atoms with Crippen molar-refractivity contribution in [2.24, 2.45) is 0 Å². The molecule has 6 heteroatoms. The van der Waals surface area contributed by atoms with E-state index in [-0.39, 0.29) is 0 Å². The van der Waals surface area contributed by atoms with E-state index in [0.717, 1.165) is 13.1 Å². The highest BCUT2D eigenvalue weighted by atomic mass is 32.2. The summed E-state index contributed by atoms with van der Waals surface area (Å²) < 4.78 is 11.1. The third-order valence-corrected chi connectivity index (χ3v) is 3.74. The van der Waals surface area contributed by atoms with Crippen molar-refractivity contribution in [3.63, 3.8) is 0 Å². The molecule has 0 spiro atoms. The summed E-state index contributed by atoms with van der Waals surface area (Å²) in [6, 6.07) is -0.512. The van der Waals surface area contributed by atoms with Gasteiger partial charge in [-0.15, -0.1) is 0 Å². The highest BCUT2D eigenvalue weighted by molar-refractivity contribution is 7.85. The predicted octanol–water partition coefficient (Wildman–Crippen LogP) is -0.887. The van der Waals surface area contributed by atoms with Crippen molar-refractivity contribution in [1.29, 1.82) is 0 Å². The molecule has 1 aliphatic heterocycles. The quantitative estimate of drug-likeness (QED) is 0.646. The van der Waals surface area contributed by atoms with Crippen LogP contribution in [0.4, 0.5) is 0 Å². The van der Waals surface area contributed by atoms with Crippen LogP contribution in [0.5, 0.6) is 0 Å². The molecule has 0 radical (unpaired) electrons. The van der Waals surface area contributed by atoms with Gasteiger partial charge in [-0.2, -0.15) is 0 Å². The summed E-state index contributed by atoms with van der Waals surface area (Å²) in [5, 5.41) is 11.9. The van der Waals surface area contributed by atoms with Gasteiger partial charge in [-0.05, 0) is 6.54 Å². The number of hydrogen-bond acceptors (Lipinski definition) is 4. The molecule has 1 heterocycles. The van der Waals surface area contributed by atoms with E-state index >= 15 is 0 Å². The van der Waals surface area contributed by atoms with Crippen LogP contribution in [0.25, 0.3) is 0 Å². The molecule has 0 aliphatic carbocycles. The molecule has 1 saturated heterocycles. The smallest absolute Gasteiger partial charge is 0.322 e. The molecular formula is C9H18N2O3S. The predicted molar refractivity (Wildman–Crippen MR) is 59.4 cm³/mol. The molecule has 0 aromatic rings. The lowest BCUT2D eigenvalue weighted by Gasteiger charge is -2.28. The highest BCUT2D eigenvalue weighted by Gasteiger charge is 2.22. The van der Waals surface area contributed by atoms with Crippen LogP contribution in [0.15, 0.2) is 0 Å². The van der Waals surface area contributed by atoms with E-state index in [2.05, 4.69) is 10.2 Å². The Hall–Kier alpha value is -0.460. The maximum absolute atomic E-state index is 11.1. The second-order valence-corrected chi connectivity index (χ2v) is 5.29. The number of hydrogen-bond donors (Lipinski definition) is 2. The largest absolute Gasteiger partial charge is 0.480 e. The van der Waals surface area contributed by atoms with Crippen LogP contribution in [-0.4, -0.2) is 63.9 Å². The zero-order valence-electron chi connectivity index (χ0n) is 8.94. The van der Waals surface area contributed by atoms with Crippen molar-refractivity contribution in [2.75, 3.05) is 37.7 Å². The number of nitrogens with one attached hydrogen (secondary N) is 1. The molecule has 5 nitrogen and oxygen atoms in total. The second-order valence-electron chi connectivity index (χ2n) is 3.60. The third kappa shape index (κ3) is 4.27. The van der Waals surface area contributed by atoms with Gasteiger partial charge < -0.3 is 10.4 Å².